The van der Waals surface area contributed by atoms with Crippen molar-refractivity contribution in [2.75, 3.05) is 14.2 Å². The van der Waals surface area contributed by atoms with Crippen molar-refractivity contribution >= 4 is 5.69 Å². The summed E-state index contributed by atoms with van der Waals surface area (Å²) in [6.07, 6.45) is -3.24. The van der Waals surface area contributed by atoms with Crippen LogP contribution in [-0.2, 0) is 45.1 Å². The SMILES string of the molecule is CC(C)(C)c1cc(F)ccc1C(F)(F)F.CC(C)Oc1cc(F)ccc1C(C)(C)C.CCc1cccc(C)c1C(C)(C)C.COc1cc(F)ccc1C(C)(C)C.COc1cccc(F)c1C(C)(C)C.[C-]#[N+]c1cc(F)ccc1C(C)(C)C. The number of aryl methyl sites for hydroxylation is 2. The van der Waals surface area contributed by atoms with Gasteiger partial charge in [-0.15, -0.1) is 0 Å². The van der Waals surface area contributed by atoms with Gasteiger partial charge in [0, 0.05) is 17.7 Å². The standard InChI is InChI=1S/C13H19FO.C13H20.C11H12F4.C11H12FN.2C11H15FO/c1-9(2)15-12-8-10(14)6-7-11(12)13(3,4)5;1-6-11-9-7-8-10(2)12(11)13(3,4)5;1-10(2,3)9-6-7(12)4-5-8(9)11(13,14)15;2*1-11(2,3)9-6-5-8(12)7-10(9)13-4;1-11(2,3)10-8(12)6-5-7-9(10)13-4/h6-9H,1-5H3;7-9H,6H2,1-5H3;4-6H,1-3H3;5-7H,1-3H3;2*5-7H,1-4H3. The van der Waals surface area contributed by atoms with E-state index in [1.54, 1.807) is 65.3 Å². The van der Waals surface area contributed by atoms with Gasteiger partial charge in [0.1, 0.15) is 46.3 Å². The Kier molecular flexibility index (Phi) is 27.2. The first-order valence-corrected chi connectivity index (χ1v) is 27.5. The zero-order chi connectivity index (χ0) is 63.7. The highest BCUT2D eigenvalue weighted by Gasteiger charge is 2.36. The smallest absolute Gasteiger partial charge is 0.416 e. The number of ether oxygens (including phenoxy) is 3. The maximum atomic E-state index is 13.5. The third-order valence-corrected chi connectivity index (χ3v) is 12.5. The van der Waals surface area contributed by atoms with Crippen molar-refractivity contribution in [3.05, 3.63) is 200 Å². The van der Waals surface area contributed by atoms with Gasteiger partial charge in [-0.05, 0) is 153 Å². The minimum atomic E-state index is -4.43. The molecule has 6 aromatic carbocycles. The van der Waals surface area contributed by atoms with Crippen LogP contribution in [0.25, 0.3) is 4.85 Å². The number of rotatable bonds is 5. The largest absolute Gasteiger partial charge is 0.496 e. The summed E-state index contributed by atoms with van der Waals surface area (Å²) in [5, 5.41) is 0. The second-order valence-corrected chi connectivity index (χ2v) is 26.4. The summed E-state index contributed by atoms with van der Waals surface area (Å²) in [6.45, 7) is 51.4. The molecule has 0 aliphatic heterocycles. The lowest BCUT2D eigenvalue weighted by Crippen LogP contribution is -2.19. The van der Waals surface area contributed by atoms with E-state index in [4.69, 9.17) is 20.8 Å². The molecule has 0 aliphatic carbocycles. The second-order valence-electron chi connectivity index (χ2n) is 26.4. The summed E-state index contributed by atoms with van der Waals surface area (Å²) in [7, 11) is 3.12. The molecule has 0 saturated heterocycles. The van der Waals surface area contributed by atoms with Crippen molar-refractivity contribution in [1.82, 2.24) is 0 Å². The van der Waals surface area contributed by atoms with Crippen LogP contribution in [0.15, 0.2) is 109 Å². The van der Waals surface area contributed by atoms with E-state index >= 15 is 0 Å². The Bertz CT molecular complexity index is 2930. The van der Waals surface area contributed by atoms with Gasteiger partial charge in [-0.25, -0.2) is 26.8 Å². The summed E-state index contributed by atoms with van der Waals surface area (Å²) in [5.41, 5.74) is 6.83. The minimum Gasteiger partial charge on any atom is -0.496 e. The van der Waals surface area contributed by atoms with Gasteiger partial charge < -0.3 is 14.2 Å². The molecule has 0 bridgehead atoms. The van der Waals surface area contributed by atoms with Crippen molar-refractivity contribution in [2.45, 2.75) is 204 Å². The number of benzene rings is 6. The fraction of sp³-hybridized carbons (Fsp3) is 0.471. The van der Waals surface area contributed by atoms with Crippen molar-refractivity contribution in [2.24, 2.45) is 0 Å². The molecule has 0 amide bonds. The Labute approximate surface area is 487 Å². The van der Waals surface area contributed by atoms with E-state index in [9.17, 15) is 35.1 Å². The normalized spacial score (nSPS) is 11.8. The maximum Gasteiger partial charge on any atom is 0.416 e. The maximum absolute atomic E-state index is 13.5. The van der Waals surface area contributed by atoms with E-state index in [0.29, 0.717) is 28.5 Å². The molecular weight excluding hydrogens is 1050 g/mol. The molecule has 0 N–H and O–H groups in total. The summed E-state index contributed by atoms with van der Waals surface area (Å²) < 4.78 is 119. The molecule has 0 saturated carbocycles. The van der Waals surface area contributed by atoms with Gasteiger partial charge in [-0.1, -0.05) is 174 Å². The molecule has 4 nitrogen and oxygen atoms in total. The van der Waals surface area contributed by atoms with Gasteiger partial charge in [-0.3, -0.25) is 0 Å². The van der Waals surface area contributed by atoms with Crippen LogP contribution in [0, 0.1) is 42.6 Å². The number of nitrogens with zero attached hydrogens (tertiary/aromatic N) is 1. The third-order valence-electron chi connectivity index (χ3n) is 12.5. The first-order chi connectivity index (χ1) is 37.2. The Morgan fingerprint density at radius 2 is 0.829 bits per heavy atom. The van der Waals surface area contributed by atoms with Gasteiger partial charge in [-0.2, -0.15) is 13.2 Å². The van der Waals surface area contributed by atoms with Crippen LogP contribution in [0.2, 0.25) is 0 Å². The molecule has 82 heavy (non-hydrogen) atoms. The van der Waals surface area contributed by atoms with E-state index in [1.165, 1.54) is 59.2 Å². The van der Waals surface area contributed by atoms with Gasteiger partial charge in [0.2, 0.25) is 0 Å². The Hall–Kier alpha value is -6.35. The van der Waals surface area contributed by atoms with Crippen LogP contribution in [0.1, 0.15) is 195 Å². The monoisotopic (exact) mass is 1150 g/mol. The van der Waals surface area contributed by atoms with E-state index in [0.717, 1.165) is 41.3 Å². The van der Waals surface area contributed by atoms with Crippen LogP contribution >= 0.6 is 0 Å². The number of methoxy groups -OCH3 is 2. The molecule has 0 aromatic heterocycles. The topological polar surface area (TPSA) is 32.1 Å². The number of halogens is 8. The molecule has 0 heterocycles. The lowest BCUT2D eigenvalue weighted by atomic mass is 9.80. The summed E-state index contributed by atoms with van der Waals surface area (Å²) in [5.74, 6) is 0.180. The predicted molar refractivity (Wildman–Crippen MR) is 325 cm³/mol. The Morgan fingerprint density at radius 3 is 1.20 bits per heavy atom. The van der Waals surface area contributed by atoms with E-state index in [1.807, 2.05) is 55.4 Å². The highest BCUT2D eigenvalue weighted by atomic mass is 19.4. The average Bonchev–Trinajstić information content (AvgIpc) is 3.32. The average molecular weight is 1150 g/mol. The summed E-state index contributed by atoms with van der Waals surface area (Å²) in [4.78, 5) is 3.31. The molecule has 0 atom stereocenters. The van der Waals surface area contributed by atoms with Gasteiger partial charge in [0.25, 0.3) is 0 Å². The number of hydrogen-bond acceptors (Lipinski definition) is 3. The molecule has 0 unspecified atom stereocenters. The molecule has 6 rings (SSSR count). The van der Waals surface area contributed by atoms with Crippen molar-refractivity contribution in [3.63, 3.8) is 0 Å². The molecule has 0 spiro atoms. The third kappa shape index (κ3) is 23.9. The fourth-order valence-electron chi connectivity index (χ4n) is 8.87. The molecule has 12 heteroatoms. The highest BCUT2D eigenvalue weighted by molar-refractivity contribution is 5.55. The zero-order valence-electron chi connectivity index (χ0n) is 53.4. The first kappa shape index (κ1) is 73.7. The number of alkyl halides is 3. The quantitative estimate of drug-likeness (QED) is 0.127. The summed E-state index contributed by atoms with van der Waals surface area (Å²) >= 11 is 0. The van der Waals surface area contributed by atoms with E-state index in [-0.39, 0.29) is 62.0 Å². The van der Waals surface area contributed by atoms with Crippen LogP contribution in [0.4, 0.5) is 40.8 Å². The lowest BCUT2D eigenvalue weighted by Gasteiger charge is -2.25. The molecule has 0 fully saturated rings. The van der Waals surface area contributed by atoms with Crippen molar-refractivity contribution in [1.29, 1.82) is 0 Å². The predicted octanol–water partition coefficient (Wildman–Crippen LogP) is 21.8. The van der Waals surface area contributed by atoms with Crippen molar-refractivity contribution < 1.29 is 49.3 Å². The Balaban J connectivity index is 0.000000493. The van der Waals surface area contributed by atoms with Crippen molar-refractivity contribution in [3.8, 4) is 17.2 Å². The van der Waals surface area contributed by atoms with Crippen LogP contribution < -0.4 is 14.2 Å². The van der Waals surface area contributed by atoms with Crippen LogP contribution in [0.5, 0.6) is 17.2 Å². The first-order valence-electron chi connectivity index (χ1n) is 27.5. The minimum absolute atomic E-state index is 0.0148. The number of hydrogen-bond donors (Lipinski definition) is 0. The molecule has 0 radical (unpaired) electrons. The molecule has 6 aromatic rings. The van der Waals surface area contributed by atoms with E-state index in [2.05, 4.69) is 99.2 Å². The highest BCUT2D eigenvalue weighted by Crippen LogP contribution is 2.39. The van der Waals surface area contributed by atoms with Crippen LogP contribution in [-0.4, -0.2) is 20.3 Å². The second kappa shape index (κ2) is 30.3. The van der Waals surface area contributed by atoms with Gasteiger partial charge in [0.05, 0.1) is 32.5 Å². The lowest BCUT2D eigenvalue weighted by molar-refractivity contribution is -0.138. The molecular formula is C70H93F8NO3. The Morgan fingerprint density at radius 1 is 0.439 bits per heavy atom. The van der Waals surface area contributed by atoms with Crippen LogP contribution in [0.3, 0.4) is 0 Å². The molecule has 452 valence electrons. The van der Waals surface area contributed by atoms with Gasteiger partial charge >= 0.3 is 6.18 Å². The van der Waals surface area contributed by atoms with Gasteiger partial charge in [0.15, 0.2) is 5.69 Å². The van der Waals surface area contributed by atoms with E-state index < -0.39 is 23.0 Å². The fourth-order valence-corrected chi connectivity index (χ4v) is 8.87. The molecule has 0 aliphatic rings. The summed E-state index contributed by atoms with van der Waals surface area (Å²) in [6, 6.07) is 27.8. The zero-order valence-corrected chi connectivity index (χ0v) is 53.4.